The molecule has 2 N–H and O–H groups in total. The Hall–Kier alpha value is -0.930. The van der Waals surface area contributed by atoms with Crippen LogP contribution in [0.5, 0.6) is 0 Å². The zero-order valence-corrected chi connectivity index (χ0v) is 11.1. The lowest BCUT2D eigenvalue weighted by Crippen LogP contribution is -2.37. The first kappa shape index (κ1) is 14.1. The van der Waals surface area contributed by atoms with Gasteiger partial charge in [0.15, 0.2) is 0 Å². The van der Waals surface area contributed by atoms with Gasteiger partial charge in [-0.3, -0.25) is 9.88 Å². The highest BCUT2D eigenvalue weighted by Crippen LogP contribution is 2.10. The lowest BCUT2D eigenvalue weighted by Gasteiger charge is -2.26. The zero-order valence-electron chi connectivity index (χ0n) is 11.1. The second-order valence-electron chi connectivity index (χ2n) is 4.62. The minimum Gasteiger partial charge on any atom is -0.329 e. The number of pyridine rings is 1. The number of aromatic nitrogens is 1. The maximum atomic E-state index is 5.85. The van der Waals surface area contributed by atoms with Crippen LogP contribution in [0, 0.1) is 0 Å². The predicted molar refractivity (Wildman–Crippen MR) is 72.7 cm³/mol. The minimum atomic E-state index is 0.476. The molecule has 1 aromatic rings. The topological polar surface area (TPSA) is 42.1 Å². The number of unbranched alkanes of at least 4 members (excludes halogenated alkanes) is 2. The van der Waals surface area contributed by atoms with Crippen LogP contribution in [0.25, 0.3) is 0 Å². The molecule has 0 aliphatic carbocycles. The van der Waals surface area contributed by atoms with Crippen LogP contribution in [0.1, 0.15) is 38.3 Å². The molecule has 1 atom stereocenters. The van der Waals surface area contributed by atoms with Crippen molar-refractivity contribution in [2.24, 2.45) is 5.73 Å². The number of likely N-dealkylation sites (N-methyl/N-ethyl adjacent to an activating group) is 1. The molecule has 0 aliphatic rings. The summed E-state index contributed by atoms with van der Waals surface area (Å²) in [6.07, 6.45) is 6.87. The first-order valence-corrected chi connectivity index (χ1v) is 6.58. The van der Waals surface area contributed by atoms with E-state index in [1.54, 1.807) is 0 Å². The first-order valence-electron chi connectivity index (χ1n) is 6.58. The van der Waals surface area contributed by atoms with Crippen molar-refractivity contribution in [3.8, 4) is 0 Å². The van der Waals surface area contributed by atoms with E-state index in [0.717, 1.165) is 18.8 Å². The van der Waals surface area contributed by atoms with Crippen molar-refractivity contribution in [2.45, 2.75) is 45.2 Å². The van der Waals surface area contributed by atoms with Gasteiger partial charge < -0.3 is 5.73 Å². The smallest absolute Gasteiger partial charge is 0.0543 e. The van der Waals surface area contributed by atoms with Crippen LogP contribution in [0.4, 0.5) is 0 Å². The Labute approximate surface area is 105 Å². The molecule has 96 valence electrons. The van der Waals surface area contributed by atoms with E-state index in [4.69, 9.17) is 5.73 Å². The molecule has 3 nitrogen and oxygen atoms in total. The van der Waals surface area contributed by atoms with Gasteiger partial charge in [-0.1, -0.05) is 32.3 Å². The van der Waals surface area contributed by atoms with Crippen LogP contribution in [-0.2, 0) is 6.54 Å². The first-order chi connectivity index (χ1) is 8.27. The molecule has 0 aliphatic heterocycles. The van der Waals surface area contributed by atoms with Gasteiger partial charge in [-0.05, 0) is 25.6 Å². The van der Waals surface area contributed by atoms with Gasteiger partial charge in [-0.2, -0.15) is 0 Å². The fourth-order valence-electron chi connectivity index (χ4n) is 2.02. The third-order valence-corrected chi connectivity index (χ3v) is 3.17. The maximum Gasteiger partial charge on any atom is 0.0543 e. The fraction of sp³-hybridized carbons (Fsp3) is 0.643. The highest BCUT2D eigenvalue weighted by molar-refractivity contribution is 5.03. The Morgan fingerprint density at radius 2 is 2.18 bits per heavy atom. The summed E-state index contributed by atoms with van der Waals surface area (Å²) in [6, 6.07) is 6.52. The quantitative estimate of drug-likeness (QED) is 0.704. The standard InChI is InChI=1S/C14H25N3/c1-3-4-5-9-14(11-15)17(2)12-13-8-6-7-10-16-13/h6-8,10,14H,3-5,9,11-12,15H2,1-2H3. The van der Waals surface area contributed by atoms with Crippen LogP contribution < -0.4 is 5.73 Å². The van der Waals surface area contributed by atoms with Gasteiger partial charge >= 0.3 is 0 Å². The number of nitrogens with zero attached hydrogens (tertiary/aromatic N) is 2. The van der Waals surface area contributed by atoms with E-state index in [1.807, 2.05) is 18.3 Å². The summed E-state index contributed by atoms with van der Waals surface area (Å²) in [5, 5.41) is 0. The van der Waals surface area contributed by atoms with Crippen LogP contribution in [0.2, 0.25) is 0 Å². The van der Waals surface area contributed by atoms with E-state index < -0.39 is 0 Å². The predicted octanol–water partition coefficient (Wildman–Crippen LogP) is 2.42. The Kier molecular flexibility index (Phi) is 6.82. The number of hydrogen-bond acceptors (Lipinski definition) is 3. The summed E-state index contributed by atoms with van der Waals surface area (Å²) < 4.78 is 0. The summed E-state index contributed by atoms with van der Waals surface area (Å²) in [7, 11) is 2.14. The SMILES string of the molecule is CCCCCC(CN)N(C)Cc1ccccn1. The Morgan fingerprint density at radius 1 is 1.35 bits per heavy atom. The van der Waals surface area contributed by atoms with Crippen molar-refractivity contribution in [1.29, 1.82) is 0 Å². The van der Waals surface area contributed by atoms with Crippen molar-refractivity contribution in [1.82, 2.24) is 9.88 Å². The number of hydrogen-bond donors (Lipinski definition) is 1. The normalized spacial score (nSPS) is 12.9. The number of nitrogens with two attached hydrogens (primary N) is 1. The summed E-state index contributed by atoms with van der Waals surface area (Å²) in [5.74, 6) is 0. The van der Waals surface area contributed by atoms with Crippen molar-refractivity contribution in [3.63, 3.8) is 0 Å². The van der Waals surface area contributed by atoms with Crippen LogP contribution in [0.3, 0.4) is 0 Å². The molecule has 0 saturated heterocycles. The van der Waals surface area contributed by atoms with E-state index in [0.29, 0.717) is 6.04 Å². The molecular formula is C14H25N3. The van der Waals surface area contributed by atoms with Gasteiger partial charge in [0.25, 0.3) is 0 Å². The molecule has 1 aromatic heterocycles. The van der Waals surface area contributed by atoms with E-state index in [-0.39, 0.29) is 0 Å². The maximum absolute atomic E-state index is 5.85. The molecule has 0 fully saturated rings. The molecule has 0 spiro atoms. The second kappa shape index (κ2) is 8.20. The molecule has 0 bridgehead atoms. The summed E-state index contributed by atoms with van der Waals surface area (Å²) in [6.45, 7) is 3.84. The highest BCUT2D eigenvalue weighted by atomic mass is 15.1. The minimum absolute atomic E-state index is 0.476. The highest BCUT2D eigenvalue weighted by Gasteiger charge is 2.13. The second-order valence-corrected chi connectivity index (χ2v) is 4.62. The number of rotatable bonds is 8. The molecule has 3 heteroatoms. The lowest BCUT2D eigenvalue weighted by molar-refractivity contribution is 0.220. The summed E-state index contributed by atoms with van der Waals surface area (Å²) in [5.41, 5.74) is 6.96. The monoisotopic (exact) mass is 235 g/mol. The molecule has 1 unspecified atom stereocenters. The third kappa shape index (κ3) is 5.29. The van der Waals surface area contributed by atoms with E-state index in [2.05, 4.69) is 29.9 Å². The van der Waals surface area contributed by atoms with Gasteiger partial charge in [0.05, 0.1) is 5.69 Å². The van der Waals surface area contributed by atoms with Crippen LogP contribution >= 0.6 is 0 Å². The van der Waals surface area contributed by atoms with Crippen molar-refractivity contribution < 1.29 is 0 Å². The van der Waals surface area contributed by atoms with Crippen LogP contribution in [-0.4, -0.2) is 29.5 Å². The molecule has 0 radical (unpaired) electrons. The molecule has 0 saturated carbocycles. The van der Waals surface area contributed by atoms with Gasteiger partial charge in [0.2, 0.25) is 0 Å². The van der Waals surface area contributed by atoms with Crippen molar-refractivity contribution in [3.05, 3.63) is 30.1 Å². The zero-order chi connectivity index (χ0) is 12.5. The third-order valence-electron chi connectivity index (χ3n) is 3.17. The Morgan fingerprint density at radius 3 is 2.76 bits per heavy atom. The van der Waals surface area contributed by atoms with Crippen molar-refractivity contribution in [2.75, 3.05) is 13.6 Å². The van der Waals surface area contributed by atoms with Gasteiger partial charge in [-0.15, -0.1) is 0 Å². The van der Waals surface area contributed by atoms with Crippen molar-refractivity contribution >= 4 is 0 Å². The van der Waals surface area contributed by atoms with E-state index in [9.17, 15) is 0 Å². The van der Waals surface area contributed by atoms with Gasteiger partial charge in [0.1, 0.15) is 0 Å². The average Bonchev–Trinajstić information content (AvgIpc) is 2.36. The molecule has 1 heterocycles. The fourth-order valence-corrected chi connectivity index (χ4v) is 2.02. The average molecular weight is 235 g/mol. The molecule has 0 amide bonds. The van der Waals surface area contributed by atoms with E-state index in [1.165, 1.54) is 25.7 Å². The lowest BCUT2D eigenvalue weighted by atomic mass is 10.1. The molecule has 0 aromatic carbocycles. The Bertz CT molecular complexity index is 287. The van der Waals surface area contributed by atoms with Crippen LogP contribution in [0.15, 0.2) is 24.4 Å². The Balaban J connectivity index is 2.40. The summed E-state index contributed by atoms with van der Waals surface area (Å²) in [4.78, 5) is 6.67. The van der Waals surface area contributed by atoms with Gasteiger partial charge in [0, 0.05) is 25.3 Å². The molecule has 17 heavy (non-hydrogen) atoms. The molecular weight excluding hydrogens is 210 g/mol. The molecule has 1 rings (SSSR count). The largest absolute Gasteiger partial charge is 0.329 e. The van der Waals surface area contributed by atoms with Gasteiger partial charge in [-0.25, -0.2) is 0 Å². The van der Waals surface area contributed by atoms with E-state index >= 15 is 0 Å². The summed E-state index contributed by atoms with van der Waals surface area (Å²) >= 11 is 0.